The minimum atomic E-state index is -0.250. The van der Waals surface area contributed by atoms with E-state index in [1.165, 1.54) is 0 Å². The van der Waals surface area contributed by atoms with E-state index in [1.54, 1.807) is 26.2 Å². The zero-order valence-electron chi connectivity index (χ0n) is 10.6. The third-order valence-electron chi connectivity index (χ3n) is 2.96. The van der Waals surface area contributed by atoms with Crippen molar-refractivity contribution < 1.29 is 9.13 Å². The lowest BCUT2D eigenvalue weighted by Crippen LogP contribution is -2.01. The molecule has 0 radical (unpaired) electrons. The number of rotatable bonds is 3. The van der Waals surface area contributed by atoms with Crippen LogP contribution in [0.5, 0.6) is 5.75 Å². The molecule has 1 unspecified atom stereocenters. The molecule has 4 heteroatoms. The average Bonchev–Trinajstić information content (AvgIpc) is 2.41. The van der Waals surface area contributed by atoms with Crippen LogP contribution in [0.1, 0.15) is 21.5 Å². The zero-order chi connectivity index (χ0) is 14.0. The van der Waals surface area contributed by atoms with Crippen molar-refractivity contribution in [3.05, 3.63) is 63.4 Å². The molecule has 0 aliphatic rings. The number of aryl methyl sites for hydroxylation is 1. The van der Waals surface area contributed by atoms with Crippen molar-refractivity contribution in [1.82, 2.24) is 0 Å². The minimum absolute atomic E-state index is 0.189. The molecule has 2 rings (SSSR count). The maximum absolute atomic E-state index is 14.2. The molecule has 0 aromatic heterocycles. The van der Waals surface area contributed by atoms with Gasteiger partial charge in [0, 0.05) is 15.6 Å². The average molecular weight is 388 g/mol. The number of methoxy groups -OCH3 is 1. The fraction of sp³-hybridized carbons (Fsp3) is 0.200. The lowest BCUT2D eigenvalue weighted by atomic mass is 10.0. The molecule has 2 aromatic carbocycles. The topological polar surface area (TPSA) is 9.23 Å². The van der Waals surface area contributed by atoms with E-state index in [0.717, 1.165) is 15.8 Å². The molecule has 0 N–H and O–H groups in total. The van der Waals surface area contributed by atoms with Gasteiger partial charge in [0.15, 0.2) is 0 Å². The molecule has 0 spiro atoms. The lowest BCUT2D eigenvalue weighted by Gasteiger charge is -2.16. The molecular formula is C15H13Br2FO. The summed E-state index contributed by atoms with van der Waals surface area (Å²) < 4.78 is 20.5. The van der Waals surface area contributed by atoms with Gasteiger partial charge in [0.05, 0.1) is 11.9 Å². The Morgan fingerprint density at radius 3 is 2.58 bits per heavy atom. The van der Waals surface area contributed by atoms with Crippen LogP contribution in [-0.4, -0.2) is 7.11 Å². The van der Waals surface area contributed by atoms with Crippen LogP contribution in [0.25, 0.3) is 0 Å². The van der Waals surface area contributed by atoms with E-state index in [4.69, 9.17) is 4.74 Å². The highest BCUT2D eigenvalue weighted by atomic mass is 79.9. The second-order valence-electron chi connectivity index (χ2n) is 4.23. The second kappa shape index (κ2) is 6.06. The van der Waals surface area contributed by atoms with Gasteiger partial charge < -0.3 is 4.74 Å². The van der Waals surface area contributed by atoms with E-state index in [9.17, 15) is 4.39 Å². The SMILES string of the molecule is COc1ccc(Br)cc1C(Br)c1cccc(C)c1F. The number of hydrogen-bond acceptors (Lipinski definition) is 1. The van der Waals surface area contributed by atoms with E-state index in [1.807, 2.05) is 24.3 Å². The number of halogens is 3. The summed E-state index contributed by atoms with van der Waals surface area (Å²) in [5.74, 6) is 0.539. The van der Waals surface area contributed by atoms with Crippen molar-refractivity contribution >= 4 is 31.9 Å². The van der Waals surface area contributed by atoms with Gasteiger partial charge in [-0.2, -0.15) is 0 Å². The Balaban J connectivity index is 2.52. The quantitative estimate of drug-likeness (QED) is 0.641. The van der Waals surface area contributed by atoms with E-state index in [-0.39, 0.29) is 10.6 Å². The smallest absolute Gasteiger partial charge is 0.130 e. The molecule has 0 fully saturated rings. The minimum Gasteiger partial charge on any atom is -0.496 e. The summed E-state index contributed by atoms with van der Waals surface area (Å²) in [6.45, 7) is 1.76. The predicted molar refractivity (Wildman–Crippen MR) is 82.6 cm³/mol. The highest BCUT2D eigenvalue weighted by molar-refractivity contribution is 9.10. The highest BCUT2D eigenvalue weighted by Crippen LogP contribution is 2.39. The maximum Gasteiger partial charge on any atom is 0.130 e. The van der Waals surface area contributed by atoms with Crippen LogP contribution in [0.4, 0.5) is 4.39 Å². The van der Waals surface area contributed by atoms with Crippen molar-refractivity contribution in [2.24, 2.45) is 0 Å². The van der Waals surface area contributed by atoms with Crippen molar-refractivity contribution in [1.29, 1.82) is 0 Å². The number of benzene rings is 2. The van der Waals surface area contributed by atoms with Crippen molar-refractivity contribution in [2.75, 3.05) is 7.11 Å². The predicted octanol–water partition coefficient (Wildman–Crippen LogP) is 5.39. The van der Waals surface area contributed by atoms with Crippen molar-refractivity contribution in [3.63, 3.8) is 0 Å². The van der Waals surface area contributed by atoms with Gasteiger partial charge >= 0.3 is 0 Å². The van der Waals surface area contributed by atoms with Crippen LogP contribution >= 0.6 is 31.9 Å². The summed E-state index contributed by atoms with van der Waals surface area (Å²) >= 11 is 6.99. The molecule has 100 valence electrons. The second-order valence-corrected chi connectivity index (χ2v) is 6.06. The molecule has 0 aliphatic carbocycles. The van der Waals surface area contributed by atoms with Crippen LogP contribution in [-0.2, 0) is 0 Å². The molecular weight excluding hydrogens is 375 g/mol. The molecule has 1 atom stereocenters. The summed E-state index contributed by atoms with van der Waals surface area (Å²) in [5.41, 5.74) is 2.13. The summed E-state index contributed by atoms with van der Waals surface area (Å²) in [6, 6.07) is 11.1. The summed E-state index contributed by atoms with van der Waals surface area (Å²) in [6.07, 6.45) is 0. The van der Waals surface area contributed by atoms with Gasteiger partial charge in [-0.25, -0.2) is 4.39 Å². The zero-order valence-corrected chi connectivity index (χ0v) is 13.8. The van der Waals surface area contributed by atoms with Gasteiger partial charge in [0.1, 0.15) is 11.6 Å². The Labute approximate surface area is 129 Å². The molecule has 2 aromatic rings. The Bertz CT molecular complexity index is 599. The van der Waals surface area contributed by atoms with Crippen molar-refractivity contribution in [3.8, 4) is 5.75 Å². The number of hydrogen-bond donors (Lipinski definition) is 0. The first kappa shape index (κ1) is 14.5. The number of ether oxygens (including phenoxy) is 1. The summed E-state index contributed by atoms with van der Waals surface area (Å²) in [5, 5.41) is 0. The van der Waals surface area contributed by atoms with Crippen LogP contribution in [0.2, 0.25) is 0 Å². The van der Waals surface area contributed by atoms with E-state index in [2.05, 4.69) is 31.9 Å². The van der Waals surface area contributed by atoms with Crippen LogP contribution in [0.15, 0.2) is 40.9 Å². The Morgan fingerprint density at radius 1 is 1.16 bits per heavy atom. The van der Waals surface area contributed by atoms with E-state index >= 15 is 0 Å². The Morgan fingerprint density at radius 2 is 1.89 bits per heavy atom. The van der Waals surface area contributed by atoms with Crippen LogP contribution < -0.4 is 4.74 Å². The molecule has 0 heterocycles. The third-order valence-corrected chi connectivity index (χ3v) is 4.44. The van der Waals surface area contributed by atoms with E-state index < -0.39 is 0 Å². The largest absolute Gasteiger partial charge is 0.496 e. The Hall–Kier alpha value is -0.870. The van der Waals surface area contributed by atoms with Crippen LogP contribution in [0, 0.1) is 12.7 Å². The van der Waals surface area contributed by atoms with Gasteiger partial charge in [-0.05, 0) is 30.7 Å². The van der Waals surface area contributed by atoms with Gasteiger partial charge in [0.2, 0.25) is 0 Å². The summed E-state index contributed by atoms with van der Waals surface area (Å²) in [7, 11) is 1.61. The van der Waals surface area contributed by atoms with Gasteiger partial charge in [-0.15, -0.1) is 0 Å². The van der Waals surface area contributed by atoms with Gasteiger partial charge in [0.25, 0.3) is 0 Å². The van der Waals surface area contributed by atoms with Gasteiger partial charge in [-0.3, -0.25) is 0 Å². The van der Waals surface area contributed by atoms with Crippen LogP contribution in [0.3, 0.4) is 0 Å². The Kier molecular flexibility index (Phi) is 4.63. The molecule has 0 aliphatic heterocycles. The van der Waals surface area contributed by atoms with Crippen molar-refractivity contribution in [2.45, 2.75) is 11.8 Å². The fourth-order valence-electron chi connectivity index (χ4n) is 1.94. The molecule has 0 amide bonds. The first-order chi connectivity index (χ1) is 9.04. The third kappa shape index (κ3) is 3.00. The molecule has 1 nitrogen and oxygen atoms in total. The molecule has 0 bridgehead atoms. The van der Waals surface area contributed by atoms with Gasteiger partial charge in [-0.1, -0.05) is 50.1 Å². The first-order valence-corrected chi connectivity index (χ1v) is 7.48. The van der Waals surface area contributed by atoms with E-state index in [0.29, 0.717) is 11.1 Å². The highest BCUT2D eigenvalue weighted by Gasteiger charge is 2.19. The lowest BCUT2D eigenvalue weighted by molar-refractivity contribution is 0.410. The standard InChI is InChI=1S/C15H13Br2FO/c1-9-4-3-5-11(15(9)18)14(17)12-8-10(16)6-7-13(12)19-2/h3-8,14H,1-2H3. The summed E-state index contributed by atoms with van der Waals surface area (Å²) in [4.78, 5) is -0.250. The molecule has 0 saturated heterocycles. The molecule has 19 heavy (non-hydrogen) atoms. The monoisotopic (exact) mass is 386 g/mol. The number of alkyl halides is 1. The first-order valence-electron chi connectivity index (χ1n) is 5.77. The molecule has 0 saturated carbocycles. The fourth-order valence-corrected chi connectivity index (χ4v) is 3.03. The normalized spacial score (nSPS) is 12.3. The maximum atomic E-state index is 14.2.